The molecule has 3 rings (SSSR count). The fourth-order valence-electron chi connectivity index (χ4n) is 3.13. The van der Waals surface area contributed by atoms with Crippen LogP contribution in [0.1, 0.15) is 43.2 Å². The molecule has 0 aromatic heterocycles. The quantitative estimate of drug-likeness (QED) is 0.860. The van der Waals surface area contributed by atoms with Crippen LogP contribution in [0, 0.1) is 6.92 Å². The standard InChI is InChI=1S/C21H25NO2/c1-16-7-11-19(12-8-16)24-20-13-9-17(10-14-20)15-21(23)22-18-5-3-2-4-6-18/h7-14,18H,2-6,15H2,1H3,(H,22,23). The van der Waals surface area contributed by atoms with Crippen LogP contribution < -0.4 is 10.1 Å². The fraction of sp³-hybridized carbons (Fsp3) is 0.381. The first-order chi connectivity index (χ1) is 11.7. The minimum Gasteiger partial charge on any atom is -0.457 e. The zero-order valence-corrected chi connectivity index (χ0v) is 14.3. The van der Waals surface area contributed by atoms with E-state index in [1.54, 1.807) is 0 Å². The van der Waals surface area contributed by atoms with Crippen LogP contribution in [0.4, 0.5) is 0 Å². The molecule has 0 atom stereocenters. The number of hydrogen-bond acceptors (Lipinski definition) is 2. The summed E-state index contributed by atoms with van der Waals surface area (Å²) in [5.41, 5.74) is 2.22. The van der Waals surface area contributed by atoms with Crippen molar-refractivity contribution in [3.8, 4) is 11.5 Å². The van der Waals surface area contributed by atoms with E-state index in [1.165, 1.54) is 24.8 Å². The van der Waals surface area contributed by atoms with Crippen molar-refractivity contribution < 1.29 is 9.53 Å². The Balaban J connectivity index is 1.52. The molecule has 1 amide bonds. The fourth-order valence-corrected chi connectivity index (χ4v) is 3.13. The van der Waals surface area contributed by atoms with Crippen LogP contribution in [0.5, 0.6) is 11.5 Å². The highest BCUT2D eigenvalue weighted by molar-refractivity contribution is 5.78. The Kier molecular flexibility index (Phi) is 5.52. The van der Waals surface area contributed by atoms with Gasteiger partial charge < -0.3 is 10.1 Å². The van der Waals surface area contributed by atoms with Crippen molar-refractivity contribution in [3.05, 3.63) is 59.7 Å². The average molecular weight is 323 g/mol. The molecular weight excluding hydrogens is 298 g/mol. The number of carbonyl (C=O) groups excluding carboxylic acids is 1. The lowest BCUT2D eigenvalue weighted by atomic mass is 9.95. The van der Waals surface area contributed by atoms with E-state index in [9.17, 15) is 4.79 Å². The Labute approximate surface area is 144 Å². The summed E-state index contributed by atoms with van der Waals surface area (Å²) in [5.74, 6) is 1.73. The molecule has 1 N–H and O–H groups in total. The van der Waals surface area contributed by atoms with E-state index in [-0.39, 0.29) is 5.91 Å². The Bertz CT molecular complexity index is 655. The van der Waals surface area contributed by atoms with Crippen LogP contribution >= 0.6 is 0 Å². The molecule has 0 unspecified atom stereocenters. The van der Waals surface area contributed by atoms with Gasteiger partial charge >= 0.3 is 0 Å². The maximum absolute atomic E-state index is 12.1. The number of aryl methyl sites for hydroxylation is 1. The number of nitrogens with one attached hydrogen (secondary N) is 1. The molecule has 1 fully saturated rings. The summed E-state index contributed by atoms with van der Waals surface area (Å²) < 4.78 is 5.81. The molecule has 0 saturated heterocycles. The highest BCUT2D eigenvalue weighted by atomic mass is 16.5. The van der Waals surface area contributed by atoms with E-state index in [1.807, 2.05) is 48.5 Å². The van der Waals surface area contributed by atoms with Crippen LogP contribution in [-0.4, -0.2) is 11.9 Å². The number of ether oxygens (including phenoxy) is 1. The second-order valence-corrected chi connectivity index (χ2v) is 6.64. The zero-order chi connectivity index (χ0) is 16.8. The van der Waals surface area contributed by atoms with Gasteiger partial charge in [0.2, 0.25) is 5.91 Å². The maximum Gasteiger partial charge on any atom is 0.224 e. The smallest absolute Gasteiger partial charge is 0.224 e. The number of amides is 1. The Hall–Kier alpha value is -2.29. The molecule has 0 spiro atoms. The third kappa shape index (κ3) is 4.85. The number of rotatable bonds is 5. The lowest BCUT2D eigenvalue weighted by Crippen LogP contribution is -2.37. The summed E-state index contributed by atoms with van der Waals surface area (Å²) in [6, 6.07) is 16.1. The number of hydrogen-bond donors (Lipinski definition) is 1. The highest BCUT2D eigenvalue weighted by Crippen LogP contribution is 2.22. The minimum atomic E-state index is 0.120. The van der Waals surface area contributed by atoms with E-state index in [2.05, 4.69) is 12.2 Å². The first-order valence-electron chi connectivity index (χ1n) is 8.82. The average Bonchev–Trinajstić information content (AvgIpc) is 2.59. The minimum absolute atomic E-state index is 0.120. The Morgan fingerprint density at radius 3 is 2.17 bits per heavy atom. The molecule has 1 saturated carbocycles. The zero-order valence-electron chi connectivity index (χ0n) is 14.3. The van der Waals surface area contributed by atoms with Gasteiger partial charge in [-0.15, -0.1) is 0 Å². The van der Waals surface area contributed by atoms with Gasteiger partial charge in [0, 0.05) is 6.04 Å². The summed E-state index contributed by atoms with van der Waals surface area (Å²) in [5, 5.41) is 3.16. The Morgan fingerprint density at radius 1 is 0.958 bits per heavy atom. The largest absolute Gasteiger partial charge is 0.457 e. The number of carbonyl (C=O) groups is 1. The van der Waals surface area contributed by atoms with Gasteiger partial charge in [0.15, 0.2) is 0 Å². The normalized spacial score (nSPS) is 15.0. The van der Waals surface area contributed by atoms with Gasteiger partial charge in [0.25, 0.3) is 0 Å². The van der Waals surface area contributed by atoms with Gasteiger partial charge in [-0.2, -0.15) is 0 Å². The molecule has 0 radical (unpaired) electrons. The molecule has 2 aromatic carbocycles. The van der Waals surface area contributed by atoms with Gasteiger partial charge in [-0.25, -0.2) is 0 Å². The van der Waals surface area contributed by atoms with Crippen molar-refractivity contribution in [2.24, 2.45) is 0 Å². The van der Waals surface area contributed by atoms with Gasteiger partial charge in [0.05, 0.1) is 6.42 Å². The lowest BCUT2D eigenvalue weighted by molar-refractivity contribution is -0.121. The number of benzene rings is 2. The Morgan fingerprint density at radius 2 is 1.54 bits per heavy atom. The van der Waals surface area contributed by atoms with Crippen molar-refractivity contribution in [1.29, 1.82) is 0 Å². The van der Waals surface area contributed by atoms with Crippen molar-refractivity contribution >= 4 is 5.91 Å². The lowest BCUT2D eigenvalue weighted by Gasteiger charge is -2.22. The summed E-state index contributed by atoms with van der Waals surface area (Å²) >= 11 is 0. The predicted octanol–water partition coefficient (Wildman–Crippen LogP) is 4.78. The molecule has 1 aliphatic carbocycles. The summed E-state index contributed by atoms with van der Waals surface area (Å²) in [4.78, 5) is 12.1. The van der Waals surface area contributed by atoms with Gasteiger partial charge in [0.1, 0.15) is 11.5 Å². The van der Waals surface area contributed by atoms with Crippen LogP contribution in [0.3, 0.4) is 0 Å². The first kappa shape index (κ1) is 16.6. The summed E-state index contributed by atoms with van der Waals surface area (Å²) in [6.45, 7) is 2.05. The maximum atomic E-state index is 12.1. The summed E-state index contributed by atoms with van der Waals surface area (Å²) in [7, 11) is 0. The van der Waals surface area contributed by atoms with Crippen molar-refractivity contribution in [2.75, 3.05) is 0 Å². The van der Waals surface area contributed by atoms with E-state index in [4.69, 9.17) is 4.74 Å². The molecular formula is C21H25NO2. The monoisotopic (exact) mass is 323 g/mol. The summed E-state index contributed by atoms with van der Waals surface area (Å²) in [6.07, 6.45) is 6.44. The van der Waals surface area contributed by atoms with Crippen LogP contribution in [-0.2, 0) is 11.2 Å². The van der Waals surface area contributed by atoms with E-state index < -0.39 is 0 Å². The molecule has 0 bridgehead atoms. The van der Waals surface area contributed by atoms with E-state index >= 15 is 0 Å². The topological polar surface area (TPSA) is 38.3 Å². The third-order valence-corrected chi connectivity index (χ3v) is 4.52. The molecule has 126 valence electrons. The van der Waals surface area contributed by atoms with E-state index in [0.29, 0.717) is 12.5 Å². The van der Waals surface area contributed by atoms with Crippen LogP contribution in [0.15, 0.2) is 48.5 Å². The highest BCUT2D eigenvalue weighted by Gasteiger charge is 2.15. The molecule has 2 aromatic rings. The molecule has 1 aliphatic rings. The van der Waals surface area contributed by atoms with Gasteiger partial charge in [-0.3, -0.25) is 4.79 Å². The molecule has 0 aliphatic heterocycles. The van der Waals surface area contributed by atoms with E-state index in [0.717, 1.165) is 29.9 Å². The van der Waals surface area contributed by atoms with Crippen molar-refractivity contribution in [1.82, 2.24) is 5.32 Å². The SMILES string of the molecule is Cc1ccc(Oc2ccc(CC(=O)NC3CCCCC3)cc2)cc1. The van der Waals surface area contributed by atoms with Crippen LogP contribution in [0.2, 0.25) is 0 Å². The first-order valence-corrected chi connectivity index (χ1v) is 8.82. The second kappa shape index (κ2) is 8.00. The van der Waals surface area contributed by atoms with Crippen LogP contribution in [0.25, 0.3) is 0 Å². The van der Waals surface area contributed by atoms with Crippen molar-refractivity contribution in [3.63, 3.8) is 0 Å². The predicted molar refractivity (Wildman–Crippen MR) is 96.4 cm³/mol. The van der Waals surface area contributed by atoms with Gasteiger partial charge in [-0.05, 0) is 49.6 Å². The molecule has 3 heteroatoms. The van der Waals surface area contributed by atoms with Crippen molar-refractivity contribution in [2.45, 2.75) is 51.5 Å². The molecule has 24 heavy (non-hydrogen) atoms. The van der Waals surface area contributed by atoms with Gasteiger partial charge in [-0.1, -0.05) is 49.1 Å². The molecule has 0 heterocycles. The second-order valence-electron chi connectivity index (χ2n) is 6.64. The molecule has 3 nitrogen and oxygen atoms in total. The third-order valence-electron chi connectivity index (χ3n) is 4.52.